The first-order chi connectivity index (χ1) is 16.6. The van der Waals surface area contributed by atoms with E-state index in [0.29, 0.717) is 18.1 Å². The van der Waals surface area contributed by atoms with Crippen molar-refractivity contribution in [3.8, 4) is 11.3 Å². The monoisotopic (exact) mass is 488 g/mol. The second-order valence-corrected chi connectivity index (χ2v) is 9.97. The van der Waals surface area contributed by atoms with Crippen molar-refractivity contribution in [1.82, 2.24) is 19.9 Å². The molecule has 0 fully saturated rings. The number of hydrogen-bond donors (Lipinski definition) is 1. The van der Waals surface area contributed by atoms with Gasteiger partial charge in [-0.05, 0) is 25.0 Å². The minimum absolute atomic E-state index is 0.193. The number of amides is 1. The van der Waals surface area contributed by atoms with Gasteiger partial charge in [0.2, 0.25) is 0 Å². The summed E-state index contributed by atoms with van der Waals surface area (Å²) >= 11 is 3.24. The van der Waals surface area contributed by atoms with Gasteiger partial charge in [0.05, 0.1) is 10.7 Å². The molecule has 6 nitrogen and oxygen atoms in total. The molecule has 0 saturated heterocycles. The van der Waals surface area contributed by atoms with Crippen molar-refractivity contribution in [2.45, 2.75) is 24.3 Å². The molecule has 0 aliphatic carbocycles. The number of aryl methyl sites for hydroxylation is 2. The average molecular weight is 489 g/mol. The molecule has 5 aromatic rings. The second-order valence-electron chi connectivity index (χ2n) is 7.97. The van der Waals surface area contributed by atoms with E-state index in [9.17, 15) is 4.79 Å². The average Bonchev–Trinajstić information content (AvgIpc) is 3.56. The maximum absolute atomic E-state index is 13.1. The van der Waals surface area contributed by atoms with Gasteiger partial charge in [-0.25, -0.2) is 9.97 Å². The number of hydrogen-bond acceptors (Lipinski definition) is 6. The molecule has 0 aliphatic heterocycles. The summed E-state index contributed by atoms with van der Waals surface area (Å²) in [6, 6.07) is 16.1. The zero-order valence-corrected chi connectivity index (χ0v) is 20.6. The fraction of sp³-hybridized carbons (Fsp3) is 0.192. The number of rotatable bonds is 8. The number of carbonyl (C=O) groups excluding carboxylic acids is 1. The van der Waals surface area contributed by atoms with E-state index in [1.165, 1.54) is 0 Å². The van der Waals surface area contributed by atoms with E-state index < -0.39 is 0 Å². The third-order valence-electron chi connectivity index (χ3n) is 5.60. The van der Waals surface area contributed by atoms with Crippen LogP contribution in [0.2, 0.25) is 0 Å². The molecule has 1 amide bonds. The maximum Gasteiger partial charge on any atom is 0.287 e. The van der Waals surface area contributed by atoms with Crippen molar-refractivity contribution in [3.05, 3.63) is 88.2 Å². The van der Waals surface area contributed by atoms with Crippen LogP contribution < -0.4 is 5.32 Å². The summed E-state index contributed by atoms with van der Waals surface area (Å²) in [5.41, 5.74) is 4.88. The minimum atomic E-state index is -0.193. The fourth-order valence-corrected chi connectivity index (χ4v) is 5.37. The highest BCUT2D eigenvalue weighted by Gasteiger charge is 2.21. The van der Waals surface area contributed by atoms with Crippen LogP contribution in [0.15, 0.2) is 75.9 Å². The number of thioether (sulfide) groups is 1. The number of nitrogens with one attached hydrogen (secondary N) is 1. The molecule has 0 unspecified atom stereocenters. The Morgan fingerprint density at radius 1 is 1.18 bits per heavy atom. The van der Waals surface area contributed by atoms with Gasteiger partial charge in [0, 0.05) is 53.6 Å². The van der Waals surface area contributed by atoms with E-state index in [2.05, 4.69) is 44.9 Å². The van der Waals surface area contributed by atoms with Crippen LogP contribution in [0.4, 0.5) is 0 Å². The predicted octanol–water partition coefficient (Wildman–Crippen LogP) is 5.86. The lowest BCUT2D eigenvalue weighted by atomic mass is 10.1. The quantitative estimate of drug-likeness (QED) is 0.277. The zero-order valence-electron chi connectivity index (χ0n) is 18.9. The Balaban J connectivity index is 1.25. The second kappa shape index (κ2) is 9.87. The number of nitrogens with zero attached hydrogens (tertiary/aromatic N) is 3. The summed E-state index contributed by atoms with van der Waals surface area (Å²) in [5, 5.41) is 8.02. The van der Waals surface area contributed by atoms with Gasteiger partial charge in [0.25, 0.3) is 5.91 Å². The highest BCUT2D eigenvalue weighted by molar-refractivity contribution is 7.98. The first-order valence-corrected chi connectivity index (χ1v) is 12.8. The first kappa shape index (κ1) is 22.4. The summed E-state index contributed by atoms with van der Waals surface area (Å²) in [6.45, 7) is 2.53. The molecule has 34 heavy (non-hydrogen) atoms. The molecule has 0 spiro atoms. The molecule has 3 aromatic heterocycles. The van der Waals surface area contributed by atoms with Crippen LogP contribution in [0.25, 0.3) is 22.2 Å². The Hall–Kier alpha value is -3.36. The van der Waals surface area contributed by atoms with Crippen molar-refractivity contribution >= 4 is 40.0 Å². The van der Waals surface area contributed by atoms with Crippen molar-refractivity contribution in [3.63, 3.8) is 0 Å². The normalized spacial score (nSPS) is 11.2. The van der Waals surface area contributed by atoms with Gasteiger partial charge in [-0.2, -0.15) is 0 Å². The van der Waals surface area contributed by atoms with Crippen LogP contribution >= 0.6 is 23.1 Å². The Bertz CT molecular complexity index is 1430. The third kappa shape index (κ3) is 4.78. The highest BCUT2D eigenvalue weighted by atomic mass is 32.2. The maximum atomic E-state index is 13.1. The number of carbonyl (C=O) groups is 1. The summed E-state index contributed by atoms with van der Waals surface area (Å²) in [6.07, 6.45) is 4.42. The van der Waals surface area contributed by atoms with Crippen molar-refractivity contribution < 1.29 is 9.21 Å². The molecule has 5 rings (SSSR count). The summed E-state index contributed by atoms with van der Waals surface area (Å²) in [7, 11) is 1.96. The van der Waals surface area contributed by atoms with E-state index in [4.69, 9.17) is 4.42 Å². The van der Waals surface area contributed by atoms with E-state index in [1.54, 1.807) is 29.3 Å². The van der Waals surface area contributed by atoms with Crippen LogP contribution in [-0.4, -0.2) is 27.0 Å². The number of aromatic nitrogens is 3. The molecule has 0 radical (unpaired) electrons. The molecule has 172 valence electrons. The van der Waals surface area contributed by atoms with Gasteiger partial charge >= 0.3 is 0 Å². The lowest BCUT2D eigenvalue weighted by Crippen LogP contribution is -2.26. The highest BCUT2D eigenvalue weighted by Crippen LogP contribution is 2.31. The molecule has 8 heteroatoms. The lowest BCUT2D eigenvalue weighted by Gasteiger charge is -2.07. The molecule has 1 N–H and O–H groups in total. The predicted molar refractivity (Wildman–Crippen MR) is 137 cm³/mol. The van der Waals surface area contributed by atoms with E-state index >= 15 is 0 Å². The van der Waals surface area contributed by atoms with E-state index in [1.807, 2.05) is 49.0 Å². The third-order valence-corrected chi connectivity index (χ3v) is 7.45. The van der Waals surface area contributed by atoms with Crippen molar-refractivity contribution in [1.29, 1.82) is 0 Å². The summed E-state index contributed by atoms with van der Waals surface area (Å²) < 4.78 is 7.94. The van der Waals surface area contributed by atoms with Gasteiger partial charge in [-0.3, -0.25) is 4.79 Å². The number of fused-ring (bicyclic) bond motifs is 1. The van der Waals surface area contributed by atoms with E-state index in [-0.39, 0.29) is 5.91 Å². The Morgan fingerprint density at radius 3 is 2.74 bits per heavy atom. The van der Waals surface area contributed by atoms with E-state index in [0.717, 1.165) is 49.9 Å². The Morgan fingerprint density at radius 2 is 2.00 bits per heavy atom. The summed E-state index contributed by atoms with van der Waals surface area (Å²) in [5.74, 6) is 0.778. The number of benzene rings is 2. The smallest absolute Gasteiger partial charge is 0.287 e. The van der Waals surface area contributed by atoms with Gasteiger partial charge in [-0.1, -0.05) is 54.2 Å². The number of thiazole rings is 1. The SMILES string of the molecule is Cc1nc(-c2ccc(CCNC(=O)c3oc4ccccc4c3CSc3nccn3C)cc2)cs1. The Labute approximate surface area is 206 Å². The van der Waals surface area contributed by atoms with Gasteiger partial charge in [0.1, 0.15) is 5.58 Å². The molecule has 2 aromatic carbocycles. The van der Waals surface area contributed by atoms with Crippen LogP contribution in [0.5, 0.6) is 0 Å². The topological polar surface area (TPSA) is 73.0 Å². The molecule has 0 bridgehead atoms. The van der Waals surface area contributed by atoms with Crippen LogP contribution in [0.1, 0.15) is 26.7 Å². The molecule has 0 saturated carbocycles. The molecule has 3 heterocycles. The lowest BCUT2D eigenvalue weighted by molar-refractivity contribution is 0.0927. The van der Waals surface area contributed by atoms with Crippen LogP contribution in [0, 0.1) is 6.92 Å². The zero-order chi connectivity index (χ0) is 23.5. The van der Waals surface area contributed by atoms with Crippen LogP contribution in [0.3, 0.4) is 0 Å². The minimum Gasteiger partial charge on any atom is -0.451 e. The first-order valence-electron chi connectivity index (χ1n) is 11.0. The van der Waals surface area contributed by atoms with Crippen molar-refractivity contribution in [2.24, 2.45) is 7.05 Å². The van der Waals surface area contributed by atoms with Gasteiger partial charge in [0.15, 0.2) is 10.9 Å². The number of para-hydroxylation sites is 1. The standard InChI is InChI=1S/C26H24N4O2S2/c1-17-29-22(16-33-17)19-9-7-18(8-10-19)11-12-27-25(31)24-21(15-34-26-28-13-14-30(26)2)20-5-3-4-6-23(20)32-24/h3-10,13-14,16H,11-12,15H2,1-2H3,(H,27,31). The number of furan rings is 1. The van der Waals surface area contributed by atoms with Gasteiger partial charge in [-0.15, -0.1) is 11.3 Å². The molecule has 0 atom stereocenters. The fourth-order valence-electron chi connectivity index (χ4n) is 3.79. The molecular formula is C26H24N4O2S2. The summed E-state index contributed by atoms with van der Waals surface area (Å²) in [4.78, 5) is 22.0. The molecular weight excluding hydrogens is 464 g/mol. The van der Waals surface area contributed by atoms with Crippen LogP contribution in [-0.2, 0) is 19.2 Å². The largest absolute Gasteiger partial charge is 0.451 e. The van der Waals surface area contributed by atoms with Crippen molar-refractivity contribution in [2.75, 3.05) is 6.54 Å². The number of imidazole rings is 1. The Kier molecular flexibility index (Phi) is 6.51. The molecule has 0 aliphatic rings. The van der Waals surface area contributed by atoms with Gasteiger partial charge < -0.3 is 14.3 Å².